The Morgan fingerprint density at radius 2 is 1.93 bits per heavy atom. The highest BCUT2D eigenvalue weighted by molar-refractivity contribution is 5.76. The number of carbonyl (C=O) groups excluding carboxylic acids is 1. The molecular formula is C10H21N3O. The Balaban J connectivity index is 2.42. The molecule has 1 saturated carbocycles. The van der Waals surface area contributed by atoms with E-state index in [1.54, 1.807) is 0 Å². The van der Waals surface area contributed by atoms with E-state index in [-0.39, 0.29) is 23.2 Å². The molecule has 1 aliphatic carbocycles. The van der Waals surface area contributed by atoms with Crippen molar-refractivity contribution in [3.8, 4) is 0 Å². The lowest BCUT2D eigenvalue weighted by molar-refractivity contribution is 0.224. The molecule has 1 unspecified atom stereocenters. The van der Waals surface area contributed by atoms with Crippen LogP contribution in [0.2, 0.25) is 0 Å². The SMILES string of the molecule is CC(N)C1(NC(=O)NC(C)(C)C)CC1. The molecule has 1 rings (SSSR count). The highest BCUT2D eigenvalue weighted by atomic mass is 16.2. The number of nitrogens with two attached hydrogens (primary N) is 1. The summed E-state index contributed by atoms with van der Waals surface area (Å²) < 4.78 is 0. The Labute approximate surface area is 85.6 Å². The van der Waals surface area contributed by atoms with Gasteiger partial charge in [-0.3, -0.25) is 0 Å². The zero-order valence-electron chi connectivity index (χ0n) is 9.48. The van der Waals surface area contributed by atoms with Crippen molar-refractivity contribution in [2.24, 2.45) is 5.73 Å². The maximum absolute atomic E-state index is 11.5. The molecule has 4 heteroatoms. The van der Waals surface area contributed by atoms with Crippen LogP contribution < -0.4 is 16.4 Å². The summed E-state index contributed by atoms with van der Waals surface area (Å²) in [7, 11) is 0. The van der Waals surface area contributed by atoms with Crippen molar-refractivity contribution in [1.29, 1.82) is 0 Å². The van der Waals surface area contributed by atoms with Gasteiger partial charge in [0, 0.05) is 11.6 Å². The minimum Gasteiger partial charge on any atom is -0.334 e. The monoisotopic (exact) mass is 199 g/mol. The molecule has 1 fully saturated rings. The molecule has 0 radical (unpaired) electrons. The van der Waals surface area contributed by atoms with Gasteiger partial charge in [-0.1, -0.05) is 0 Å². The van der Waals surface area contributed by atoms with Gasteiger partial charge in [-0.15, -0.1) is 0 Å². The number of carbonyl (C=O) groups is 1. The molecule has 1 atom stereocenters. The molecule has 2 amide bonds. The third-order valence-corrected chi connectivity index (χ3v) is 2.51. The van der Waals surface area contributed by atoms with Crippen LogP contribution in [0, 0.1) is 0 Å². The van der Waals surface area contributed by atoms with Gasteiger partial charge in [-0.25, -0.2) is 4.79 Å². The van der Waals surface area contributed by atoms with Gasteiger partial charge in [0.15, 0.2) is 0 Å². The molecule has 4 N–H and O–H groups in total. The average molecular weight is 199 g/mol. The third-order valence-electron chi connectivity index (χ3n) is 2.51. The van der Waals surface area contributed by atoms with E-state index in [0.717, 1.165) is 12.8 Å². The topological polar surface area (TPSA) is 67.1 Å². The van der Waals surface area contributed by atoms with Crippen molar-refractivity contribution in [3.63, 3.8) is 0 Å². The first-order chi connectivity index (χ1) is 6.25. The summed E-state index contributed by atoms with van der Waals surface area (Å²) >= 11 is 0. The van der Waals surface area contributed by atoms with Crippen molar-refractivity contribution < 1.29 is 4.79 Å². The van der Waals surface area contributed by atoms with Crippen LogP contribution in [0.25, 0.3) is 0 Å². The molecule has 0 aromatic rings. The summed E-state index contributed by atoms with van der Waals surface area (Å²) in [5.74, 6) is 0. The molecule has 14 heavy (non-hydrogen) atoms. The molecule has 0 aliphatic heterocycles. The van der Waals surface area contributed by atoms with E-state index < -0.39 is 0 Å². The molecule has 0 bridgehead atoms. The van der Waals surface area contributed by atoms with E-state index in [1.807, 2.05) is 27.7 Å². The number of rotatable bonds is 2. The first-order valence-electron chi connectivity index (χ1n) is 5.11. The van der Waals surface area contributed by atoms with Gasteiger partial charge in [0.1, 0.15) is 0 Å². The first kappa shape index (κ1) is 11.3. The van der Waals surface area contributed by atoms with Crippen LogP contribution in [0.3, 0.4) is 0 Å². The number of amides is 2. The van der Waals surface area contributed by atoms with Crippen LogP contribution >= 0.6 is 0 Å². The molecular weight excluding hydrogens is 178 g/mol. The Bertz CT molecular complexity index is 226. The second-order valence-corrected chi connectivity index (χ2v) is 5.27. The summed E-state index contributed by atoms with van der Waals surface area (Å²) in [5, 5.41) is 5.81. The maximum Gasteiger partial charge on any atom is 0.315 e. The maximum atomic E-state index is 11.5. The molecule has 0 saturated heterocycles. The smallest absolute Gasteiger partial charge is 0.315 e. The summed E-state index contributed by atoms with van der Waals surface area (Å²) in [6.45, 7) is 7.80. The lowest BCUT2D eigenvalue weighted by Gasteiger charge is -2.26. The van der Waals surface area contributed by atoms with Gasteiger partial charge < -0.3 is 16.4 Å². The summed E-state index contributed by atoms with van der Waals surface area (Å²) in [6, 6.07) is -0.0967. The van der Waals surface area contributed by atoms with Gasteiger partial charge in [0.25, 0.3) is 0 Å². The van der Waals surface area contributed by atoms with Crippen LogP contribution in [0.15, 0.2) is 0 Å². The molecule has 0 aromatic heterocycles. The number of hydrogen-bond acceptors (Lipinski definition) is 2. The molecule has 82 valence electrons. The Hall–Kier alpha value is -0.770. The molecule has 1 aliphatic rings. The van der Waals surface area contributed by atoms with Crippen molar-refractivity contribution in [2.75, 3.05) is 0 Å². The van der Waals surface area contributed by atoms with E-state index in [4.69, 9.17) is 5.73 Å². The second kappa shape index (κ2) is 3.42. The second-order valence-electron chi connectivity index (χ2n) is 5.27. The van der Waals surface area contributed by atoms with Crippen molar-refractivity contribution in [2.45, 2.75) is 57.7 Å². The van der Waals surface area contributed by atoms with Crippen LogP contribution in [-0.4, -0.2) is 23.2 Å². The van der Waals surface area contributed by atoms with E-state index >= 15 is 0 Å². The standard InChI is InChI=1S/C10H21N3O/c1-7(11)10(5-6-10)13-8(14)12-9(2,3)4/h7H,5-6,11H2,1-4H3,(H2,12,13,14). The van der Waals surface area contributed by atoms with Crippen LogP contribution in [0.5, 0.6) is 0 Å². The number of nitrogens with one attached hydrogen (secondary N) is 2. The normalized spacial score (nSPS) is 21.2. The molecule has 0 heterocycles. The van der Waals surface area contributed by atoms with Crippen molar-refractivity contribution in [1.82, 2.24) is 10.6 Å². The van der Waals surface area contributed by atoms with E-state index in [0.29, 0.717) is 0 Å². The Kier molecular flexibility index (Phi) is 2.76. The Morgan fingerprint density at radius 1 is 1.43 bits per heavy atom. The fourth-order valence-corrected chi connectivity index (χ4v) is 1.43. The van der Waals surface area contributed by atoms with Gasteiger partial charge in [-0.2, -0.15) is 0 Å². The van der Waals surface area contributed by atoms with Crippen LogP contribution in [0.1, 0.15) is 40.5 Å². The molecule has 0 spiro atoms. The predicted molar refractivity (Wildman–Crippen MR) is 57.0 cm³/mol. The summed E-state index contributed by atoms with van der Waals surface area (Å²) in [4.78, 5) is 11.5. The fraction of sp³-hybridized carbons (Fsp3) is 0.900. The quantitative estimate of drug-likeness (QED) is 0.620. The van der Waals surface area contributed by atoms with E-state index in [1.165, 1.54) is 0 Å². The van der Waals surface area contributed by atoms with Gasteiger partial charge in [-0.05, 0) is 40.5 Å². The zero-order valence-corrected chi connectivity index (χ0v) is 9.48. The molecule has 4 nitrogen and oxygen atoms in total. The van der Waals surface area contributed by atoms with Gasteiger partial charge in [0.05, 0.1) is 5.54 Å². The van der Waals surface area contributed by atoms with Crippen molar-refractivity contribution >= 4 is 6.03 Å². The highest BCUT2D eigenvalue weighted by Crippen LogP contribution is 2.37. The van der Waals surface area contributed by atoms with Crippen LogP contribution in [0.4, 0.5) is 4.79 Å². The fourth-order valence-electron chi connectivity index (χ4n) is 1.43. The average Bonchev–Trinajstić information content (AvgIpc) is 2.63. The van der Waals surface area contributed by atoms with Gasteiger partial charge in [0.2, 0.25) is 0 Å². The van der Waals surface area contributed by atoms with Gasteiger partial charge >= 0.3 is 6.03 Å². The lowest BCUT2D eigenvalue weighted by atomic mass is 10.1. The van der Waals surface area contributed by atoms with E-state index in [9.17, 15) is 4.79 Å². The Morgan fingerprint density at radius 3 is 2.21 bits per heavy atom. The van der Waals surface area contributed by atoms with E-state index in [2.05, 4.69) is 10.6 Å². The summed E-state index contributed by atoms with van der Waals surface area (Å²) in [6.07, 6.45) is 1.98. The van der Waals surface area contributed by atoms with Crippen molar-refractivity contribution in [3.05, 3.63) is 0 Å². The predicted octanol–water partition coefficient (Wildman–Crippen LogP) is 0.964. The number of hydrogen-bond donors (Lipinski definition) is 3. The minimum absolute atomic E-state index is 0.0215. The molecule has 0 aromatic carbocycles. The summed E-state index contributed by atoms with van der Waals surface area (Å²) in [5.41, 5.74) is 5.46. The third kappa shape index (κ3) is 2.87. The largest absolute Gasteiger partial charge is 0.334 e. The van der Waals surface area contributed by atoms with Crippen LogP contribution in [-0.2, 0) is 0 Å². The minimum atomic E-state index is -0.196. The zero-order chi connectivity index (χ0) is 11.0. The first-order valence-corrected chi connectivity index (χ1v) is 5.11. The lowest BCUT2D eigenvalue weighted by Crippen LogP contribution is -2.55. The highest BCUT2D eigenvalue weighted by Gasteiger charge is 2.47. The number of urea groups is 1.